The van der Waals surface area contributed by atoms with Crippen LogP contribution >= 0.6 is 0 Å². The van der Waals surface area contributed by atoms with Crippen molar-refractivity contribution < 1.29 is 23.7 Å². The smallest absolute Gasteiger partial charge is 0.410 e. The molecule has 4 aliphatic rings. The summed E-state index contributed by atoms with van der Waals surface area (Å²) in [6.07, 6.45) is 3.58. The van der Waals surface area contributed by atoms with Gasteiger partial charge in [-0.25, -0.2) is 4.79 Å². The Bertz CT molecular complexity index is 1960. The van der Waals surface area contributed by atoms with Gasteiger partial charge >= 0.3 is 12.1 Å². The van der Waals surface area contributed by atoms with Crippen molar-refractivity contribution >= 4 is 33.6 Å². The Morgan fingerprint density at radius 1 is 1.10 bits per heavy atom. The highest BCUT2D eigenvalue weighted by molar-refractivity contribution is 6.06. The van der Waals surface area contributed by atoms with Crippen LogP contribution in [0.3, 0.4) is 0 Å². The van der Waals surface area contributed by atoms with Gasteiger partial charge in [0.2, 0.25) is 0 Å². The number of pyridine rings is 1. The second kappa shape index (κ2) is 13.4. The molecule has 0 spiro atoms. The van der Waals surface area contributed by atoms with Crippen LogP contribution in [-0.2, 0) is 9.47 Å². The Hall–Kier alpha value is -4.26. The predicted molar refractivity (Wildman–Crippen MR) is 197 cm³/mol. The number of nitrogens with zero attached hydrogens (tertiary/aromatic N) is 6. The molecule has 1 aliphatic carbocycles. The number of hydrogen-bond donors (Lipinski definition) is 1. The van der Waals surface area contributed by atoms with Crippen molar-refractivity contribution in [3.8, 4) is 23.0 Å². The highest BCUT2D eigenvalue weighted by Gasteiger charge is 2.41. The lowest BCUT2D eigenvalue weighted by atomic mass is 9.79. The van der Waals surface area contributed by atoms with Gasteiger partial charge in [-0.1, -0.05) is 25.1 Å². The molecule has 2 bridgehead atoms. The summed E-state index contributed by atoms with van der Waals surface area (Å²) in [5, 5.41) is 6.65. The molecular formula is C39H49N7O5. The summed E-state index contributed by atoms with van der Waals surface area (Å²) in [6.45, 7) is 13.6. The number of rotatable bonds is 7. The Morgan fingerprint density at radius 3 is 2.76 bits per heavy atom. The van der Waals surface area contributed by atoms with Crippen LogP contribution < -0.4 is 19.7 Å². The zero-order chi connectivity index (χ0) is 35.4. The number of likely N-dealkylation sites (tertiary alicyclic amines) is 1. The first-order chi connectivity index (χ1) is 24.6. The standard InChI is InChI=1S/C39H49N7O5/c1-23-29-9-7-8-25-15-28(50-22-48-6)16-30(33(25)29)34-32(23)35-31(18-41-34)36(43-37(42-35)49-21-27-17-40-11-13-44(27)5)45-12-10-24-14-26(20-45)46(19-24)38(47)51-39(2,3)4/h7-9,15-16,18,23-24,26-27,40H,10-14,17,19-22H2,1-6H3/t23?,24?,26?,27-/m1/s1. The molecular weight excluding hydrogens is 646 g/mol. The van der Waals surface area contributed by atoms with Gasteiger partial charge in [0.05, 0.1) is 28.7 Å². The SMILES string of the molecule is COCOc1cc2c3c(cccc3c1)C(C)c1c-2ncc2c(N3CCC4CC(C3)N(C(=O)OC(C)(C)C)C4)nc(OC[C@H]3CNCCN3C)nc12. The van der Waals surface area contributed by atoms with Crippen molar-refractivity contribution in [1.82, 2.24) is 30.1 Å². The van der Waals surface area contributed by atoms with E-state index in [4.69, 9.17) is 33.9 Å². The first-order valence-electron chi connectivity index (χ1n) is 18.3. The molecule has 4 atom stereocenters. The van der Waals surface area contributed by atoms with Crippen molar-refractivity contribution in [3.63, 3.8) is 0 Å². The molecule has 4 aromatic rings. The molecule has 1 N–H and O–H groups in total. The summed E-state index contributed by atoms with van der Waals surface area (Å²) in [7, 11) is 3.76. The molecule has 1 amide bonds. The Morgan fingerprint density at radius 2 is 1.96 bits per heavy atom. The van der Waals surface area contributed by atoms with Gasteiger partial charge in [-0.15, -0.1) is 0 Å². The normalized spacial score (nSPS) is 23.3. The third-order valence-electron chi connectivity index (χ3n) is 10.9. The summed E-state index contributed by atoms with van der Waals surface area (Å²) >= 11 is 0. The lowest BCUT2D eigenvalue weighted by Gasteiger charge is -2.34. The van der Waals surface area contributed by atoms with Crippen molar-refractivity contribution in [1.29, 1.82) is 0 Å². The summed E-state index contributed by atoms with van der Waals surface area (Å²) in [4.78, 5) is 35.4. The fraction of sp³-hybridized carbons (Fsp3) is 0.538. The topological polar surface area (TPSA) is 114 Å². The Kier molecular flexibility index (Phi) is 8.88. The van der Waals surface area contributed by atoms with E-state index in [1.54, 1.807) is 7.11 Å². The molecule has 3 fully saturated rings. The molecule has 0 saturated carbocycles. The van der Waals surface area contributed by atoms with Crippen LogP contribution in [0.15, 0.2) is 36.5 Å². The predicted octanol–water partition coefficient (Wildman–Crippen LogP) is 5.41. The van der Waals surface area contributed by atoms with Crippen molar-refractivity contribution in [2.75, 3.05) is 71.7 Å². The number of anilines is 1. The Balaban J connectivity index is 1.24. The van der Waals surface area contributed by atoms with E-state index in [0.29, 0.717) is 25.1 Å². The summed E-state index contributed by atoms with van der Waals surface area (Å²) in [6, 6.07) is 11.1. The van der Waals surface area contributed by atoms with Gasteiger partial charge in [-0.2, -0.15) is 9.97 Å². The number of carbonyl (C=O) groups excluding carboxylic acids is 1. The number of aromatic nitrogens is 3. The van der Waals surface area contributed by atoms with Gasteiger partial charge in [0.25, 0.3) is 0 Å². The number of methoxy groups -OCH3 is 1. The zero-order valence-corrected chi connectivity index (χ0v) is 30.6. The minimum Gasteiger partial charge on any atom is -0.468 e. The molecule has 12 nitrogen and oxygen atoms in total. The van der Waals surface area contributed by atoms with E-state index in [1.807, 2.05) is 31.9 Å². The van der Waals surface area contributed by atoms with E-state index in [0.717, 1.165) is 90.2 Å². The number of carbonyl (C=O) groups is 1. The average molecular weight is 696 g/mol. The number of hydrogen-bond acceptors (Lipinski definition) is 11. The van der Waals surface area contributed by atoms with E-state index in [-0.39, 0.29) is 30.9 Å². The molecule has 8 rings (SSSR count). The average Bonchev–Trinajstić information content (AvgIpc) is 3.39. The third-order valence-corrected chi connectivity index (χ3v) is 10.9. The molecule has 12 heteroatoms. The first kappa shape index (κ1) is 33.9. The molecule has 2 aromatic carbocycles. The number of benzene rings is 2. The minimum absolute atomic E-state index is 0.0169. The maximum Gasteiger partial charge on any atom is 0.410 e. The van der Waals surface area contributed by atoms with Gasteiger partial charge in [-0.3, -0.25) is 9.88 Å². The molecule has 5 heterocycles. The monoisotopic (exact) mass is 695 g/mol. The van der Waals surface area contributed by atoms with Crippen LogP contribution in [0.1, 0.15) is 57.6 Å². The molecule has 2 aromatic heterocycles. The lowest BCUT2D eigenvalue weighted by Crippen LogP contribution is -2.51. The minimum atomic E-state index is -0.554. The van der Waals surface area contributed by atoms with Crippen LogP contribution in [0.25, 0.3) is 32.9 Å². The van der Waals surface area contributed by atoms with Crippen LogP contribution in [-0.4, -0.2) is 115 Å². The van der Waals surface area contributed by atoms with Crippen LogP contribution in [0.5, 0.6) is 11.8 Å². The largest absolute Gasteiger partial charge is 0.468 e. The van der Waals surface area contributed by atoms with Crippen LogP contribution in [0.4, 0.5) is 10.6 Å². The van der Waals surface area contributed by atoms with Crippen molar-refractivity contribution in [3.05, 3.63) is 47.7 Å². The van der Waals surface area contributed by atoms with E-state index >= 15 is 0 Å². The summed E-state index contributed by atoms with van der Waals surface area (Å²) < 4.78 is 23.5. The van der Waals surface area contributed by atoms with Crippen molar-refractivity contribution in [2.45, 2.75) is 64.1 Å². The van der Waals surface area contributed by atoms with E-state index in [2.05, 4.69) is 59.4 Å². The number of likely N-dealkylation sites (N-methyl/N-ethyl adjacent to an activating group) is 1. The van der Waals surface area contributed by atoms with Gasteiger partial charge in [0.1, 0.15) is 23.8 Å². The van der Waals surface area contributed by atoms with E-state index < -0.39 is 5.60 Å². The maximum atomic E-state index is 13.3. The second-order valence-corrected chi connectivity index (χ2v) is 15.6. The number of amides is 1. The molecule has 3 saturated heterocycles. The van der Waals surface area contributed by atoms with Crippen LogP contribution in [0, 0.1) is 5.92 Å². The Labute approximate surface area is 299 Å². The van der Waals surface area contributed by atoms with E-state index in [1.165, 1.54) is 10.9 Å². The van der Waals surface area contributed by atoms with Gasteiger partial charge in [-0.05, 0) is 75.0 Å². The quantitative estimate of drug-likeness (QED) is 0.251. The summed E-state index contributed by atoms with van der Waals surface area (Å²) in [5.74, 6) is 1.95. The fourth-order valence-electron chi connectivity index (χ4n) is 8.38. The third kappa shape index (κ3) is 6.42. The zero-order valence-electron chi connectivity index (χ0n) is 30.6. The lowest BCUT2D eigenvalue weighted by molar-refractivity contribution is 0.0221. The molecule has 0 radical (unpaired) electrons. The molecule has 3 unspecified atom stereocenters. The van der Waals surface area contributed by atoms with Gasteiger partial charge in [0, 0.05) is 69.6 Å². The number of fused-ring (bicyclic) bond motifs is 6. The van der Waals surface area contributed by atoms with E-state index in [9.17, 15) is 4.79 Å². The summed E-state index contributed by atoms with van der Waals surface area (Å²) in [5.41, 5.74) is 4.46. The maximum absolute atomic E-state index is 13.3. The number of piperazine rings is 1. The van der Waals surface area contributed by atoms with Crippen LogP contribution in [0.2, 0.25) is 0 Å². The fourth-order valence-corrected chi connectivity index (χ4v) is 8.38. The molecule has 270 valence electrons. The highest BCUT2D eigenvalue weighted by Crippen LogP contribution is 2.49. The molecule has 51 heavy (non-hydrogen) atoms. The second-order valence-electron chi connectivity index (χ2n) is 15.6. The van der Waals surface area contributed by atoms with Crippen molar-refractivity contribution in [2.24, 2.45) is 5.92 Å². The van der Waals surface area contributed by atoms with Gasteiger partial charge < -0.3 is 34.1 Å². The number of ether oxygens (including phenoxy) is 4. The highest BCUT2D eigenvalue weighted by atomic mass is 16.7. The molecule has 3 aliphatic heterocycles. The first-order valence-corrected chi connectivity index (χ1v) is 18.3. The number of nitrogens with one attached hydrogen (secondary N) is 1. The van der Waals surface area contributed by atoms with Gasteiger partial charge in [0.15, 0.2) is 6.79 Å².